The minimum atomic E-state index is -2.92. The van der Waals surface area contributed by atoms with E-state index in [1.807, 2.05) is 0 Å². The standard InChI is InChI=1S/CHO3.3Li/c2-1(3)4;;;/h1H;;;/q-3;3*+1. The third-order valence-electron chi connectivity index (χ3n) is 0. The van der Waals surface area contributed by atoms with E-state index in [2.05, 4.69) is 0 Å². The smallest absolute Gasteiger partial charge is 0.879 e. The van der Waals surface area contributed by atoms with Crippen molar-refractivity contribution in [2.75, 3.05) is 0 Å². The third kappa shape index (κ3) is 88.3. The van der Waals surface area contributed by atoms with Crippen molar-refractivity contribution in [3.63, 3.8) is 0 Å². The Kier molecular flexibility index (Phi) is 52.3. The molecule has 0 aromatic rings. The van der Waals surface area contributed by atoms with Crippen molar-refractivity contribution in [2.24, 2.45) is 0 Å². The first-order valence-electron chi connectivity index (χ1n) is 0.707. The van der Waals surface area contributed by atoms with E-state index in [0.717, 1.165) is 0 Å². The minimum Gasteiger partial charge on any atom is -0.879 e. The first-order chi connectivity index (χ1) is 1.73. The average Bonchev–Trinajstić information content (AvgIpc) is 0.811. The number of hydrogen-bond acceptors (Lipinski definition) is 3. The average molecular weight is 81.8 g/mol. The van der Waals surface area contributed by atoms with Gasteiger partial charge in [-0.25, -0.2) is 0 Å². The van der Waals surface area contributed by atoms with Crippen LogP contribution in [0.5, 0.6) is 0 Å². The van der Waals surface area contributed by atoms with Crippen LogP contribution in [0.25, 0.3) is 0 Å². The summed E-state index contributed by atoms with van der Waals surface area (Å²) in [4.78, 5) is 0. The quantitative estimate of drug-likeness (QED) is 0.215. The summed E-state index contributed by atoms with van der Waals surface area (Å²) in [5, 5.41) is 25.2. The van der Waals surface area contributed by atoms with Gasteiger partial charge in [0.15, 0.2) is 0 Å². The van der Waals surface area contributed by atoms with Crippen molar-refractivity contribution in [3.05, 3.63) is 0 Å². The molecule has 7 heavy (non-hydrogen) atoms. The molecular formula is CHLi3O3. The van der Waals surface area contributed by atoms with E-state index >= 15 is 0 Å². The third-order valence-corrected chi connectivity index (χ3v) is 0. The molecule has 0 rings (SSSR count). The zero-order valence-electron chi connectivity index (χ0n) is 4.80. The Morgan fingerprint density at radius 1 is 0.714 bits per heavy atom. The number of rotatable bonds is 0. The van der Waals surface area contributed by atoms with Gasteiger partial charge in [-0.1, -0.05) is 0 Å². The molecule has 0 spiro atoms. The zero-order valence-corrected chi connectivity index (χ0v) is 4.80. The fraction of sp³-hybridized carbons (Fsp3) is 1.00. The molecule has 0 saturated carbocycles. The van der Waals surface area contributed by atoms with E-state index in [4.69, 9.17) is 15.3 Å². The molecule has 0 N–H and O–H groups in total. The van der Waals surface area contributed by atoms with E-state index in [1.165, 1.54) is 0 Å². The molecule has 0 bridgehead atoms. The molecule has 0 radical (unpaired) electrons. The van der Waals surface area contributed by atoms with Crippen molar-refractivity contribution in [2.45, 2.75) is 6.48 Å². The molecule has 0 amide bonds. The first-order valence-corrected chi connectivity index (χ1v) is 0.707. The molecular weight excluding hydrogens is 80.8 g/mol. The molecule has 0 atom stereocenters. The SMILES string of the molecule is [Li+].[Li+].[Li+].[O-]C([O-])[O-]. The maximum atomic E-state index is 8.42. The fourth-order valence-electron chi connectivity index (χ4n) is 0. The van der Waals surface area contributed by atoms with Crippen LogP contribution in [0.2, 0.25) is 0 Å². The summed E-state index contributed by atoms with van der Waals surface area (Å²) < 4.78 is 0. The molecule has 0 fully saturated rings. The van der Waals surface area contributed by atoms with E-state index < -0.39 is 6.48 Å². The molecule has 0 aliphatic rings. The van der Waals surface area contributed by atoms with Crippen molar-refractivity contribution in [1.29, 1.82) is 0 Å². The van der Waals surface area contributed by atoms with Crippen LogP contribution >= 0.6 is 0 Å². The maximum Gasteiger partial charge on any atom is 1.00 e. The second-order valence-corrected chi connectivity index (χ2v) is 0.289. The van der Waals surface area contributed by atoms with Gasteiger partial charge >= 0.3 is 56.6 Å². The molecule has 0 aliphatic heterocycles. The van der Waals surface area contributed by atoms with Crippen LogP contribution in [0.15, 0.2) is 0 Å². The second kappa shape index (κ2) is 15.6. The van der Waals surface area contributed by atoms with Crippen LogP contribution in [0.4, 0.5) is 0 Å². The van der Waals surface area contributed by atoms with Gasteiger partial charge in [-0.15, -0.1) is 0 Å². The molecule has 0 aliphatic carbocycles. The van der Waals surface area contributed by atoms with Gasteiger partial charge in [0.1, 0.15) is 0 Å². The van der Waals surface area contributed by atoms with Gasteiger partial charge < -0.3 is 21.8 Å². The van der Waals surface area contributed by atoms with Gasteiger partial charge in [-0.2, -0.15) is 0 Å². The minimum absolute atomic E-state index is 0. The fourth-order valence-corrected chi connectivity index (χ4v) is 0. The summed E-state index contributed by atoms with van der Waals surface area (Å²) in [5.74, 6) is 0. The van der Waals surface area contributed by atoms with Crippen LogP contribution in [-0.2, 0) is 0 Å². The molecule has 3 nitrogen and oxygen atoms in total. The predicted octanol–water partition coefficient (Wildman–Crippen LogP) is -12.6. The molecule has 0 heterocycles. The van der Waals surface area contributed by atoms with Gasteiger partial charge in [0.25, 0.3) is 0 Å². The summed E-state index contributed by atoms with van der Waals surface area (Å²) in [6, 6.07) is 0. The van der Waals surface area contributed by atoms with Gasteiger partial charge in [0, 0.05) is 0 Å². The Labute approximate surface area is 78.0 Å². The van der Waals surface area contributed by atoms with E-state index in [1.54, 1.807) is 0 Å². The maximum absolute atomic E-state index is 8.42. The molecule has 0 aromatic heterocycles. The van der Waals surface area contributed by atoms with Crippen LogP contribution < -0.4 is 71.9 Å². The largest absolute Gasteiger partial charge is 1.00 e. The van der Waals surface area contributed by atoms with E-state index in [9.17, 15) is 0 Å². The Hall–Kier alpha value is 1.67. The van der Waals surface area contributed by atoms with Crippen molar-refractivity contribution in [1.82, 2.24) is 0 Å². The predicted molar refractivity (Wildman–Crippen MR) is 3.79 cm³/mol. The summed E-state index contributed by atoms with van der Waals surface area (Å²) in [7, 11) is 0. The van der Waals surface area contributed by atoms with E-state index in [-0.39, 0.29) is 56.6 Å². The summed E-state index contributed by atoms with van der Waals surface area (Å²) in [6.07, 6.45) is 0. The topological polar surface area (TPSA) is 69.2 Å². The van der Waals surface area contributed by atoms with Gasteiger partial charge in [0.05, 0.1) is 0 Å². The summed E-state index contributed by atoms with van der Waals surface area (Å²) >= 11 is 0. The Morgan fingerprint density at radius 3 is 0.714 bits per heavy atom. The molecule has 0 aromatic carbocycles. The van der Waals surface area contributed by atoms with Crippen LogP contribution in [0.1, 0.15) is 0 Å². The van der Waals surface area contributed by atoms with Crippen LogP contribution in [-0.4, -0.2) is 6.48 Å². The van der Waals surface area contributed by atoms with E-state index in [0.29, 0.717) is 0 Å². The van der Waals surface area contributed by atoms with Crippen molar-refractivity contribution in [3.8, 4) is 0 Å². The zero-order chi connectivity index (χ0) is 3.58. The monoisotopic (exact) mass is 82.0 g/mol. The van der Waals surface area contributed by atoms with Crippen LogP contribution in [0, 0.1) is 0 Å². The van der Waals surface area contributed by atoms with Crippen LogP contribution in [0.3, 0.4) is 0 Å². The van der Waals surface area contributed by atoms with Crippen molar-refractivity contribution < 1.29 is 71.9 Å². The van der Waals surface area contributed by atoms with Crippen molar-refractivity contribution >= 4 is 0 Å². The molecule has 0 saturated heterocycles. The first kappa shape index (κ1) is 23.4. The number of hydrogen-bond donors (Lipinski definition) is 0. The molecule has 26 valence electrons. The Morgan fingerprint density at radius 2 is 0.714 bits per heavy atom. The van der Waals surface area contributed by atoms with Gasteiger partial charge in [-0.05, 0) is 0 Å². The second-order valence-electron chi connectivity index (χ2n) is 0.289. The van der Waals surface area contributed by atoms with Gasteiger partial charge in [-0.3, -0.25) is 0 Å². The molecule has 0 unspecified atom stereocenters. The Bertz CT molecular complexity index is 14.9. The summed E-state index contributed by atoms with van der Waals surface area (Å²) in [6.45, 7) is -2.92. The normalized spacial score (nSPS) is 5.14. The molecule has 6 heteroatoms. The summed E-state index contributed by atoms with van der Waals surface area (Å²) in [5.41, 5.74) is 0. The van der Waals surface area contributed by atoms with Gasteiger partial charge in [0.2, 0.25) is 0 Å². The Balaban J connectivity index is -0.0000000150.